The third-order valence-electron chi connectivity index (χ3n) is 0.627. The normalized spacial score (nSPS) is 8.00. The van der Waals surface area contributed by atoms with Crippen LogP contribution in [0.1, 0.15) is 6.42 Å². The Morgan fingerprint density at radius 3 is 2.44 bits per heavy atom. The fourth-order valence-electron chi connectivity index (χ4n) is 0.276. The van der Waals surface area contributed by atoms with Gasteiger partial charge in [-0.2, -0.15) is 0 Å². The summed E-state index contributed by atoms with van der Waals surface area (Å²) in [5.74, 6) is 0. The first kappa shape index (κ1) is 12.0. The summed E-state index contributed by atoms with van der Waals surface area (Å²) in [6, 6.07) is 1.12. The van der Waals surface area contributed by atoms with Crippen LogP contribution >= 0.6 is 0 Å². The van der Waals surface area contributed by atoms with E-state index in [1.165, 1.54) is 0 Å². The minimum absolute atomic E-state index is 0.642. The summed E-state index contributed by atoms with van der Waals surface area (Å²) in [6.45, 7) is 0.788. The molecule has 0 bridgehead atoms. The molecule has 0 aliphatic carbocycles. The van der Waals surface area contributed by atoms with Crippen LogP contribution in [0.5, 0.6) is 0 Å². The SMILES string of the molecule is CO[Si]CCCN.N[Si]. The van der Waals surface area contributed by atoms with Crippen LogP contribution in [0, 0.1) is 0 Å². The summed E-state index contributed by atoms with van der Waals surface area (Å²) >= 11 is 0. The predicted molar refractivity (Wildman–Crippen MR) is 41.2 cm³/mol. The smallest absolute Gasteiger partial charge is 0.229 e. The average molecular weight is 161 g/mol. The van der Waals surface area contributed by atoms with Gasteiger partial charge in [-0.25, -0.2) is 0 Å². The van der Waals surface area contributed by atoms with Gasteiger partial charge in [0.05, 0.1) is 0 Å². The van der Waals surface area contributed by atoms with Gasteiger partial charge < -0.3 is 15.6 Å². The molecule has 0 fully saturated rings. The van der Waals surface area contributed by atoms with Crippen LogP contribution < -0.4 is 11.1 Å². The molecular formula is C4H13N2OSi2. The highest BCUT2D eigenvalue weighted by molar-refractivity contribution is 6.26. The highest BCUT2D eigenvalue weighted by Crippen LogP contribution is 1.82. The third-order valence-corrected chi connectivity index (χ3v) is 1.47. The molecule has 0 heterocycles. The Balaban J connectivity index is 0. The van der Waals surface area contributed by atoms with Crippen LogP contribution in [0.4, 0.5) is 0 Å². The van der Waals surface area contributed by atoms with Gasteiger partial charge in [0.25, 0.3) is 0 Å². The second-order valence-corrected chi connectivity index (χ2v) is 2.44. The molecule has 0 unspecified atom stereocenters. The van der Waals surface area contributed by atoms with E-state index in [-0.39, 0.29) is 0 Å². The molecule has 5 heteroatoms. The number of hydrogen-bond donors (Lipinski definition) is 2. The maximum atomic E-state index is 5.22. The molecule has 0 spiro atoms. The quantitative estimate of drug-likeness (QED) is 0.413. The van der Waals surface area contributed by atoms with Crippen LogP contribution in [0.2, 0.25) is 6.04 Å². The lowest BCUT2D eigenvalue weighted by Crippen LogP contribution is -2.01. The number of rotatable bonds is 4. The van der Waals surface area contributed by atoms with Crippen molar-refractivity contribution in [2.45, 2.75) is 12.5 Å². The van der Waals surface area contributed by atoms with Gasteiger partial charge in [0, 0.05) is 7.11 Å². The van der Waals surface area contributed by atoms with Crippen molar-refractivity contribution in [3.8, 4) is 0 Å². The summed E-state index contributed by atoms with van der Waals surface area (Å²) in [5.41, 5.74) is 5.22. The Kier molecular flexibility index (Phi) is 21.1. The van der Waals surface area contributed by atoms with E-state index in [2.05, 4.69) is 15.8 Å². The molecule has 0 atom stereocenters. The molecule has 0 aliphatic rings. The Bertz CT molecular complexity index is 35.7. The zero-order chi connectivity index (χ0) is 7.54. The zero-order valence-corrected chi connectivity index (χ0v) is 7.68. The summed E-state index contributed by atoms with van der Waals surface area (Å²) in [4.78, 5) is 0. The van der Waals surface area contributed by atoms with E-state index >= 15 is 0 Å². The fourth-order valence-corrected chi connectivity index (χ4v) is 0.829. The third kappa shape index (κ3) is 17.8. The molecule has 0 aromatic carbocycles. The van der Waals surface area contributed by atoms with E-state index in [1.807, 2.05) is 0 Å². The molecule has 0 aliphatic heterocycles. The zero-order valence-electron chi connectivity index (χ0n) is 5.68. The highest BCUT2D eigenvalue weighted by atomic mass is 28.2. The van der Waals surface area contributed by atoms with E-state index in [1.54, 1.807) is 7.11 Å². The molecule has 0 aromatic heterocycles. The van der Waals surface area contributed by atoms with Crippen molar-refractivity contribution in [3.63, 3.8) is 0 Å². The first-order valence-corrected chi connectivity index (χ1v) is 4.36. The van der Waals surface area contributed by atoms with Crippen molar-refractivity contribution in [1.29, 1.82) is 0 Å². The summed E-state index contributed by atoms with van der Waals surface area (Å²) < 4.78 is 4.82. The summed E-state index contributed by atoms with van der Waals surface area (Å²) in [6.07, 6.45) is 1.09. The van der Waals surface area contributed by atoms with Gasteiger partial charge in [-0.15, -0.1) is 0 Å². The molecular weight excluding hydrogens is 148 g/mol. The average Bonchev–Trinajstić information content (AvgIpc) is 1.94. The molecule has 4 N–H and O–H groups in total. The van der Waals surface area contributed by atoms with E-state index in [9.17, 15) is 0 Å². The predicted octanol–water partition coefficient (Wildman–Crippen LogP) is -0.952. The lowest BCUT2D eigenvalue weighted by molar-refractivity contribution is 0.440. The van der Waals surface area contributed by atoms with Gasteiger partial charge in [-0.05, 0) is 19.0 Å². The van der Waals surface area contributed by atoms with Crippen LogP contribution in [0.3, 0.4) is 0 Å². The Labute approximate surface area is 62.6 Å². The molecule has 0 aromatic rings. The van der Waals surface area contributed by atoms with Gasteiger partial charge in [-0.1, -0.05) is 0 Å². The molecule has 3 nitrogen and oxygen atoms in total. The topological polar surface area (TPSA) is 61.3 Å². The van der Waals surface area contributed by atoms with Gasteiger partial charge >= 0.3 is 0 Å². The van der Waals surface area contributed by atoms with Gasteiger partial charge in [0.15, 0.2) is 0 Å². The lowest BCUT2D eigenvalue weighted by atomic mass is 10.5. The first-order valence-electron chi connectivity index (χ1n) is 2.66. The second-order valence-electron chi connectivity index (χ2n) is 1.24. The molecule has 0 rings (SSSR count). The van der Waals surface area contributed by atoms with Crippen LogP contribution in [0.15, 0.2) is 0 Å². The maximum absolute atomic E-state index is 5.22. The summed E-state index contributed by atoms with van der Waals surface area (Å²) in [5, 5.41) is 4.31. The van der Waals surface area contributed by atoms with Crippen molar-refractivity contribution in [1.82, 2.24) is 0 Å². The minimum atomic E-state index is 0.642. The van der Waals surface area contributed by atoms with Crippen molar-refractivity contribution in [2.75, 3.05) is 13.7 Å². The number of hydrogen-bond acceptors (Lipinski definition) is 3. The van der Waals surface area contributed by atoms with Crippen LogP contribution in [-0.2, 0) is 4.43 Å². The standard InChI is InChI=1S/C4H11NOSi.H2NSi/c1-6-7-4-2-3-5;1-2/h2-5H2,1H3;1H2. The molecule has 53 valence electrons. The van der Waals surface area contributed by atoms with Gasteiger partial charge in [0.1, 0.15) is 10.4 Å². The van der Waals surface area contributed by atoms with Crippen molar-refractivity contribution >= 4 is 20.2 Å². The molecule has 0 saturated carbocycles. The Hall–Kier alpha value is 0.314. The fraction of sp³-hybridized carbons (Fsp3) is 1.00. The largest absolute Gasteiger partial charge is 0.421 e. The Morgan fingerprint density at radius 2 is 2.11 bits per heavy atom. The molecule has 0 saturated heterocycles. The van der Waals surface area contributed by atoms with E-state index < -0.39 is 0 Å². The number of nitrogens with two attached hydrogens (primary N) is 2. The van der Waals surface area contributed by atoms with Crippen LogP contribution in [-0.4, -0.2) is 33.8 Å². The van der Waals surface area contributed by atoms with Crippen molar-refractivity contribution in [3.05, 3.63) is 0 Å². The van der Waals surface area contributed by atoms with E-state index in [0.717, 1.165) is 19.0 Å². The van der Waals surface area contributed by atoms with E-state index in [0.29, 0.717) is 9.76 Å². The monoisotopic (exact) mass is 161 g/mol. The maximum Gasteiger partial charge on any atom is 0.229 e. The van der Waals surface area contributed by atoms with Crippen LogP contribution in [0.25, 0.3) is 0 Å². The molecule has 0 amide bonds. The highest BCUT2D eigenvalue weighted by Gasteiger charge is 1.83. The minimum Gasteiger partial charge on any atom is -0.421 e. The van der Waals surface area contributed by atoms with Crippen molar-refractivity contribution < 1.29 is 4.43 Å². The van der Waals surface area contributed by atoms with E-state index in [4.69, 9.17) is 10.2 Å². The molecule has 5 radical (unpaired) electrons. The summed E-state index contributed by atoms with van der Waals surface area (Å²) in [7, 11) is 4.83. The lowest BCUT2D eigenvalue weighted by Gasteiger charge is -1.90. The Morgan fingerprint density at radius 1 is 1.56 bits per heavy atom. The van der Waals surface area contributed by atoms with Gasteiger partial charge in [0.2, 0.25) is 9.76 Å². The van der Waals surface area contributed by atoms with Gasteiger partial charge in [-0.3, -0.25) is 0 Å². The molecule has 9 heavy (non-hydrogen) atoms. The first-order chi connectivity index (χ1) is 4.41. The second kappa shape index (κ2) is 15.7. The van der Waals surface area contributed by atoms with Crippen molar-refractivity contribution in [2.24, 2.45) is 11.1 Å².